The highest BCUT2D eigenvalue weighted by molar-refractivity contribution is 5.86. The van der Waals surface area contributed by atoms with Crippen molar-refractivity contribution in [3.63, 3.8) is 0 Å². The van der Waals surface area contributed by atoms with E-state index in [2.05, 4.69) is 53.3 Å². The van der Waals surface area contributed by atoms with Crippen molar-refractivity contribution < 1.29 is 13.6 Å². The summed E-state index contributed by atoms with van der Waals surface area (Å²) in [5.74, 6) is 0.322. The van der Waals surface area contributed by atoms with Crippen molar-refractivity contribution in [2.45, 2.75) is 32.4 Å². The average molecular weight is 467 g/mol. The molecule has 2 aromatic heterocycles. The summed E-state index contributed by atoms with van der Waals surface area (Å²) >= 11 is 0. The molecule has 0 radical (unpaired) electrons. The Morgan fingerprint density at radius 2 is 1.83 bits per heavy atom. The fourth-order valence-corrected chi connectivity index (χ4v) is 4.62. The minimum Gasteiger partial charge on any atom is -0.467 e. The fourth-order valence-electron chi connectivity index (χ4n) is 4.62. The lowest BCUT2D eigenvalue weighted by atomic mass is 9.87. The second-order valence-electron chi connectivity index (χ2n) is 8.88. The lowest BCUT2D eigenvalue weighted by Gasteiger charge is -2.18. The standard InChI is InChI=1S/C30H27FN2O2/c1-21-6-4-7-23(16-21)27(17-30(34)32-18-25-8-5-15-35-25)28-20-33(29-10-3-2-9-26(28)29)19-22-11-13-24(31)14-12-22/h2-16,20,27H,17-19H2,1H3,(H,32,34). The number of hydrogen-bond acceptors (Lipinski definition) is 2. The van der Waals surface area contributed by atoms with Gasteiger partial charge in [0, 0.05) is 36.0 Å². The molecule has 5 aromatic rings. The summed E-state index contributed by atoms with van der Waals surface area (Å²) in [4.78, 5) is 13.1. The highest BCUT2D eigenvalue weighted by Gasteiger charge is 2.23. The van der Waals surface area contributed by atoms with Gasteiger partial charge in [0.05, 0.1) is 12.8 Å². The molecule has 35 heavy (non-hydrogen) atoms. The lowest BCUT2D eigenvalue weighted by Crippen LogP contribution is -2.24. The number of aromatic nitrogens is 1. The second kappa shape index (κ2) is 10.0. The molecular formula is C30H27FN2O2. The maximum atomic E-state index is 13.4. The third-order valence-corrected chi connectivity index (χ3v) is 6.33. The van der Waals surface area contributed by atoms with Crippen LogP contribution in [0.15, 0.2) is 102 Å². The first kappa shape index (κ1) is 22.7. The number of carbonyl (C=O) groups excluding carboxylic acids is 1. The van der Waals surface area contributed by atoms with Gasteiger partial charge in [0.15, 0.2) is 0 Å². The number of fused-ring (bicyclic) bond motifs is 1. The average Bonchev–Trinajstić information content (AvgIpc) is 3.51. The molecule has 4 nitrogen and oxygen atoms in total. The SMILES string of the molecule is Cc1cccc(C(CC(=O)NCc2ccco2)c2cn(Cc3ccc(F)cc3)c3ccccc23)c1. The normalized spacial score (nSPS) is 12.1. The van der Waals surface area contributed by atoms with Crippen molar-refractivity contribution in [3.05, 3.63) is 131 Å². The highest BCUT2D eigenvalue weighted by atomic mass is 19.1. The first-order valence-electron chi connectivity index (χ1n) is 11.7. The Morgan fingerprint density at radius 3 is 2.60 bits per heavy atom. The largest absolute Gasteiger partial charge is 0.467 e. The summed E-state index contributed by atoms with van der Waals surface area (Å²) in [5, 5.41) is 4.11. The molecule has 1 N–H and O–H groups in total. The molecule has 0 aliphatic carbocycles. The maximum Gasteiger partial charge on any atom is 0.221 e. The smallest absolute Gasteiger partial charge is 0.221 e. The second-order valence-corrected chi connectivity index (χ2v) is 8.88. The number of carbonyl (C=O) groups is 1. The van der Waals surface area contributed by atoms with Gasteiger partial charge in [-0.25, -0.2) is 4.39 Å². The minimum absolute atomic E-state index is 0.0386. The number of benzene rings is 3. The first-order chi connectivity index (χ1) is 17.1. The Kier molecular flexibility index (Phi) is 6.49. The zero-order valence-electron chi connectivity index (χ0n) is 19.6. The Labute approximate surface area is 204 Å². The van der Waals surface area contributed by atoms with Crippen LogP contribution in [0.3, 0.4) is 0 Å². The van der Waals surface area contributed by atoms with Crippen molar-refractivity contribution >= 4 is 16.8 Å². The number of furan rings is 1. The van der Waals surface area contributed by atoms with E-state index in [0.717, 1.165) is 38.9 Å². The topological polar surface area (TPSA) is 47.2 Å². The maximum absolute atomic E-state index is 13.4. The van der Waals surface area contributed by atoms with E-state index in [-0.39, 0.29) is 17.6 Å². The molecule has 3 aromatic carbocycles. The number of amides is 1. The van der Waals surface area contributed by atoms with Gasteiger partial charge >= 0.3 is 0 Å². The molecule has 0 saturated heterocycles. The van der Waals surface area contributed by atoms with Crippen LogP contribution in [0.2, 0.25) is 0 Å². The molecule has 5 heteroatoms. The molecule has 0 saturated carbocycles. The molecule has 0 spiro atoms. The zero-order valence-corrected chi connectivity index (χ0v) is 19.6. The molecule has 0 bridgehead atoms. The van der Waals surface area contributed by atoms with Crippen molar-refractivity contribution in [3.8, 4) is 0 Å². The van der Waals surface area contributed by atoms with Gasteiger partial charge in [-0.15, -0.1) is 0 Å². The lowest BCUT2D eigenvalue weighted by molar-refractivity contribution is -0.121. The number of hydrogen-bond donors (Lipinski definition) is 1. The summed E-state index contributed by atoms with van der Waals surface area (Å²) in [7, 11) is 0. The van der Waals surface area contributed by atoms with Crippen LogP contribution in [0, 0.1) is 12.7 Å². The van der Waals surface area contributed by atoms with Gasteiger partial charge in [0.1, 0.15) is 11.6 Å². The van der Waals surface area contributed by atoms with E-state index in [4.69, 9.17) is 4.42 Å². The number of para-hydroxylation sites is 1. The summed E-state index contributed by atoms with van der Waals surface area (Å²) in [6.07, 6.45) is 4.06. The fraction of sp³-hybridized carbons (Fsp3) is 0.167. The van der Waals surface area contributed by atoms with Gasteiger partial charge < -0.3 is 14.3 Å². The van der Waals surface area contributed by atoms with Gasteiger partial charge in [0.25, 0.3) is 0 Å². The van der Waals surface area contributed by atoms with E-state index in [1.165, 1.54) is 12.1 Å². The molecule has 0 aliphatic rings. The third-order valence-electron chi connectivity index (χ3n) is 6.33. The Morgan fingerprint density at radius 1 is 1.00 bits per heavy atom. The van der Waals surface area contributed by atoms with Crippen molar-refractivity contribution in [1.82, 2.24) is 9.88 Å². The molecule has 1 atom stereocenters. The van der Waals surface area contributed by atoms with E-state index in [9.17, 15) is 9.18 Å². The van der Waals surface area contributed by atoms with Crippen LogP contribution in [0.25, 0.3) is 10.9 Å². The first-order valence-corrected chi connectivity index (χ1v) is 11.7. The van der Waals surface area contributed by atoms with Crippen molar-refractivity contribution in [1.29, 1.82) is 0 Å². The van der Waals surface area contributed by atoms with E-state index < -0.39 is 0 Å². The van der Waals surface area contributed by atoms with Crippen LogP contribution in [-0.4, -0.2) is 10.5 Å². The number of aryl methyl sites for hydroxylation is 1. The van der Waals surface area contributed by atoms with Crippen molar-refractivity contribution in [2.75, 3.05) is 0 Å². The monoisotopic (exact) mass is 466 g/mol. The summed E-state index contributed by atoms with van der Waals surface area (Å²) in [6.45, 7) is 3.04. The molecule has 176 valence electrons. The molecule has 0 fully saturated rings. The summed E-state index contributed by atoms with van der Waals surface area (Å²) < 4.78 is 21.0. The summed E-state index contributed by atoms with van der Waals surface area (Å²) in [6, 6.07) is 26.8. The van der Waals surface area contributed by atoms with Crippen LogP contribution in [-0.2, 0) is 17.9 Å². The molecule has 1 unspecified atom stereocenters. The van der Waals surface area contributed by atoms with Crippen LogP contribution in [0.5, 0.6) is 0 Å². The predicted octanol–water partition coefficient (Wildman–Crippen LogP) is 6.57. The van der Waals surface area contributed by atoms with Crippen LogP contribution >= 0.6 is 0 Å². The number of nitrogens with one attached hydrogen (secondary N) is 1. The van der Waals surface area contributed by atoms with Gasteiger partial charge in [-0.2, -0.15) is 0 Å². The molecule has 0 aliphatic heterocycles. The van der Waals surface area contributed by atoms with Crippen LogP contribution in [0.4, 0.5) is 4.39 Å². The van der Waals surface area contributed by atoms with E-state index in [1.807, 2.05) is 42.5 Å². The predicted molar refractivity (Wildman–Crippen MR) is 136 cm³/mol. The Balaban J connectivity index is 1.51. The van der Waals surface area contributed by atoms with Gasteiger partial charge in [-0.3, -0.25) is 4.79 Å². The van der Waals surface area contributed by atoms with Gasteiger partial charge in [-0.05, 0) is 53.9 Å². The quantitative estimate of drug-likeness (QED) is 0.281. The van der Waals surface area contributed by atoms with E-state index >= 15 is 0 Å². The molecule has 1 amide bonds. The summed E-state index contributed by atoms with van der Waals surface area (Å²) in [5.41, 5.74) is 5.45. The van der Waals surface area contributed by atoms with Crippen molar-refractivity contribution in [2.24, 2.45) is 0 Å². The Hall–Kier alpha value is -4.12. The number of rotatable bonds is 8. The highest BCUT2D eigenvalue weighted by Crippen LogP contribution is 2.35. The number of nitrogens with zero attached hydrogens (tertiary/aromatic N) is 1. The molecule has 5 rings (SSSR count). The van der Waals surface area contributed by atoms with Crippen LogP contribution in [0.1, 0.15) is 40.4 Å². The van der Waals surface area contributed by atoms with Gasteiger partial charge in [0.2, 0.25) is 5.91 Å². The minimum atomic E-state index is -0.244. The number of halogens is 1. The molecular weight excluding hydrogens is 439 g/mol. The third kappa shape index (κ3) is 5.19. The Bertz CT molecular complexity index is 1440. The molecule has 2 heterocycles. The van der Waals surface area contributed by atoms with Gasteiger partial charge in [-0.1, -0.05) is 60.2 Å². The zero-order chi connectivity index (χ0) is 24.2. The van der Waals surface area contributed by atoms with E-state index in [1.54, 1.807) is 6.26 Å². The van der Waals surface area contributed by atoms with Crippen LogP contribution < -0.4 is 5.32 Å². The van der Waals surface area contributed by atoms with E-state index in [0.29, 0.717) is 19.5 Å².